The van der Waals surface area contributed by atoms with Crippen molar-refractivity contribution in [2.24, 2.45) is 0 Å². The van der Waals surface area contributed by atoms with Crippen LogP contribution in [0.2, 0.25) is 0 Å². The van der Waals surface area contributed by atoms with Crippen LogP contribution in [0.3, 0.4) is 0 Å². The SMILES string of the molecule is CCCN(C(=O)c1nc(C(C)C)n(-c2cccc(F)c2)n1)C1CCNCC1.Cl. The molecule has 1 aromatic carbocycles. The number of amides is 1. The topological polar surface area (TPSA) is 63.1 Å². The van der Waals surface area contributed by atoms with Crippen molar-refractivity contribution in [1.82, 2.24) is 25.0 Å². The third-order valence-electron chi connectivity index (χ3n) is 4.87. The van der Waals surface area contributed by atoms with Gasteiger partial charge in [0, 0.05) is 18.5 Å². The second-order valence-electron chi connectivity index (χ2n) is 7.32. The summed E-state index contributed by atoms with van der Waals surface area (Å²) in [6.45, 7) is 8.57. The van der Waals surface area contributed by atoms with Crippen LogP contribution in [-0.4, -0.2) is 51.2 Å². The van der Waals surface area contributed by atoms with Crippen molar-refractivity contribution in [2.75, 3.05) is 19.6 Å². The molecule has 1 N–H and O–H groups in total. The van der Waals surface area contributed by atoms with Crippen molar-refractivity contribution >= 4 is 18.3 Å². The number of hydrogen-bond donors (Lipinski definition) is 1. The normalized spacial score (nSPS) is 14.8. The fourth-order valence-corrected chi connectivity index (χ4v) is 3.52. The Hall–Kier alpha value is -1.99. The molecule has 1 fully saturated rings. The summed E-state index contributed by atoms with van der Waals surface area (Å²) in [5.74, 6) is 0.426. The van der Waals surface area contributed by atoms with Crippen LogP contribution in [0.15, 0.2) is 24.3 Å². The van der Waals surface area contributed by atoms with Gasteiger partial charge in [0.05, 0.1) is 5.69 Å². The smallest absolute Gasteiger partial charge is 0.293 e. The summed E-state index contributed by atoms with van der Waals surface area (Å²) < 4.78 is 15.3. The number of halogens is 2. The van der Waals surface area contributed by atoms with Gasteiger partial charge in [-0.05, 0) is 50.6 Å². The van der Waals surface area contributed by atoms with E-state index >= 15 is 0 Å². The van der Waals surface area contributed by atoms with E-state index < -0.39 is 0 Å². The van der Waals surface area contributed by atoms with Gasteiger partial charge in [0.2, 0.25) is 5.82 Å². The van der Waals surface area contributed by atoms with Gasteiger partial charge in [-0.2, -0.15) is 0 Å². The summed E-state index contributed by atoms with van der Waals surface area (Å²) in [7, 11) is 0. The van der Waals surface area contributed by atoms with Crippen LogP contribution in [-0.2, 0) is 0 Å². The van der Waals surface area contributed by atoms with Crippen molar-refractivity contribution in [3.8, 4) is 5.69 Å². The Morgan fingerprint density at radius 2 is 2.07 bits per heavy atom. The minimum atomic E-state index is -0.340. The summed E-state index contributed by atoms with van der Waals surface area (Å²) in [4.78, 5) is 19.7. The molecule has 0 bridgehead atoms. The van der Waals surface area contributed by atoms with Crippen LogP contribution in [0.4, 0.5) is 4.39 Å². The van der Waals surface area contributed by atoms with Gasteiger partial charge in [-0.25, -0.2) is 14.1 Å². The number of aromatic nitrogens is 3. The van der Waals surface area contributed by atoms with E-state index in [2.05, 4.69) is 22.3 Å². The maximum Gasteiger partial charge on any atom is 0.293 e. The summed E-state index contributed by atoms with van der Waals surface area (Å²) >= 11 is 0. The lowest BCUT2D eigenvalue weighted by Crippen LogP contribution is -2.46. The lowest BCUT2D eigenvalue weighted by molar-refractivity contribution is 0.0630. The molecule has 6 nitrogen and oxygen atoms in total. The molecule has 1 saturated heterocycles. The van der Waals surface area contributed by atoms with Gasteiger partial charge in [0.15, 0.2) is 0 Å². The Labute approximate surface area is 171 Å². The molecular weight excluding hydrogens is 381 g/mol. The molecule has 3 rings (SSSR count). The molecular formula is C20H29ClFN5O. The van der Waals surface area contributed by atoms with Gasteiger partial charge in [-0.3, -0.25) is 4.79 Å². The molecule has 0 unspecified atom stereocenters. The monoisotopic (exact) mass is 409 g/mol. The highest BCUT2D eigenvalue weighted by molar-refractivity contribution is 5.90. The van der Waals surface area contributed by atoms with E-state index in [0.29, 0.717) is 18.1 Å². The number of rotatable bonds is 6. The Morgan fingerprint density at radius 3 is 2.68 bits per heavy atom. The lowest BCUT2D eigenvalue weighted by Gasteiger charge is -2.33. The number of carbonyl (C=O) groups is 1. The summed E-state index contributed by atoms with van der Waals surface area (Å²) in [6.07, 6.45) is 2.76. The van der Waals surface area contributed by atoms with Crippen molar-refractivity contribution in [3.63, 3.8) is 0 Å². The van der Waals surface area contributed by atoms with E-state index in [9.17, 15) is 9.18 Å². The van der Waals surface area contributed by atoms with Crippen molar-refractivity contribution in [1.29, 1.82) is 0 Å². The Kier molecular flexibility index (Phi) is 7.95. The summed E-state index contributed by atoms with van der Waals surface area (Å²) in [5, 5.41) is 7.81. The molecule has 154 valence electrons. The molecule has 0 atom stereocenters. The highest BCUT2D eigenvalue weighted by Gasteiger charge is 2.29. The van der Waals surface area contributed by atoms with Gasteiger partial charge >= 0.3 is 0 Å². The molecule has 0 spiro atoms. The molecule has 0 saturated carbocycles. The molecule has 1 aliphatic rings. The highest BCUT2D eigenvalue weighted by Crippen LogP contribution is 2.20. The number of piperidine rings is 1. The number of hydrogen-bond acceptors (Lipinski definition) is 4. The third-order valence-corrected chi connectivity index (χ3v) is 4.87. The first kappa shape index (κ1) is 22.3. The van der Waals surface area contributed by atoms with Crippen LogP contribution >= 0.6 is 12.4 Å². The molecule has 0 radical (unpaired) electrons. The van der Waals surface area contributed by atoms with E-state index in [1.807, 2.05) is 18.7 Å². The van der Waals surface area contributed by atoms with E-state index in [0.717, 1.165) is 32.4 Å². The Balaban J connectivity index is 0.00000280. The quantitative estimate of drug-likeness (QED) is 0.792. The summed E-state index contributed by atoms with van der Waals surface area (Å²) in [6, 6.07) is 6.42. The predicted molar refractivity (Wildman–Crippen MR) is 110 cm³/mol. The number of nitrogens with one attached hydrogen (secondary N) is 1. The van der Waals surface area contributed by atoms with Crippen LogP contribution < -0.4 is 5.32 Å². The molecule has 1 aromatic heterocycles. The van der Waals surface area contributed by atoms with Crippen LogP contribution in [0.5, 0.6) is 0 Å². The van der Waals surface area contributed by atoms with Gasteiger partial charge in [0.25, 0.3) is 5.91 Å². The molecule has 8 heteroatoms. The zero-order chi connectivity index (χ0) is 19.4. The number of benzene rings is 1. The Morgan fingerprint density at radius 1 is 1.36 bits per heavy atom. The van der Waals surface area contributed by atoms with E-state index in [1.165, 1.54) is 12.1 Å². The zero-order valence-corrected chi connectivity index (χ0v) is 17.5. The van der Waals surface area contributed by atoms with Gasteiger partial charge in [0.1, 0.15) is 11.6 Å². The molecule has 1 amide bonds. The van der Waals surface area contributed by atoms with Crippen LogP contribution in [0, 0.1) is 5.82 Å². The average Bonchev–Trinajstić information content (AvgIpc) is 3.12. The standard InChI is InChI=1S/C20H28FN5O.ClH/c1-4-12-25(16-8-10-22-11-9-16)20(27)18-23-19(14(2)3)26(24-18)17-7-5-6-15(21)13-17;/h5-7,13-14,16,22H,4,8-12H2,1-3H3;1H. The second-order valence-corrected chi connectivity index (χ2v) is 7.32. The zero-order valence-electron chi connectivity index (χ0n) is 16.7. The predicted octanol–water partition coefficient (Wildman–Crippen LogP) is 3.56. The minimum absolute atomic E-state index is 0. The average molecular weight is 410 g/mol. The van der Waals surface area contributed by atoms with Crippen LogP contribution in [0.1, 0.15) is 62.4 Å². The van der Waals surface area contributed by atoms with Crippen LogP contribution in [0.25, 0.3) is 5.69 Å². The second kappa shape index (κ2) is 9.98. The third kappa shape index (κ3) is 4.89. The fraction of sp³-hybridized carbons (Fsp3) is 0.550. The van der Waals surface area contributed by atoms with E-state index in [4.69, 9.17) is 0 Å². The first-order valence-electron chi connectivity index (χ1n) is 9.75. The minimum Gasteiger partial charge on any atom is -0.333 e. The molecule has 2 heterocycles. The maximum absolute atomic E-state index is 13.7. The van der Waals surface area contributed by atoms with E-state index in [-0.39, 0.29) is 41.9 Å². The largest absolute Gasteiger partial charge is 0.333 e. The van der Waals surface area contributed by atoms with Gasteiger partial charge in [-0.1, -0.05) is 26.8 Å². The summed E-state index contributed by atoms with van der Waals surface area (Å²) in [5.41, 5.74) is 0.578. The molecule has 1 aliphatic heterocycles. The first-order chi connectivity index (χ1) is 13.0. The molecule has 28 heavy (non-hydrogen) atoms. The Bertz CT molecular complexity index is 789. The first-order valence-corrected chi connectivity index (χ1v) is 9.75. The molecule has 0 aliphatic carbocycles. The number of carbonyl (C=O) groups excluding carboxylic acids is 1. The van der Waals surface area contributed by atoms with Gasteiger partial charge in [-0.15, -0.1) is 17.5 Å². The van der Waals surface area contributed by atoms with Crippen molar-refractivity contribution < 1.29 is 9.18 Å². The fourth-order valence-electron chi connectivity index (χ4n) is 3.52. The van der Waals surface area contributed by atoms with Gasteiger partial charge < -0.3 is 10.2 Å². The van der Waals surface area contributed by atoms with E-state index in [1.54, 1.807) is 16.8 Å². The lowest BCUT2D eigenvalue weighted by atomic mass is 10.0. The highest BCUT2D eigenvalue weighted by atomic mass is 35.5. The van der Waals surface area contributed by atoms with Crippen molar-refractivity contribution in [3.05, 3.63) is 41.7 Å². The molecule has 2 aromatic rings. The number of nitrogens with zero attached hydrogens (tertiary/aromatic N) is 4. The van der Waals surface area contributed by atoms with Crippen molar-refractivity contribution in [2.45, 2.75) is 52.0 Å². The maximum atomic E-state index is 13.7.